The summed E-state index contributed by atoms with van der Waals surface area (Å²) in [6.07, 6.45) is 2.19. The molecule has 3 rings (SSSR count). The lowest BCUT2D eigenvalue weighted by atomic mass is 10.2. The van der Waals surface area contributed by atoms with Gasteiger partial charge in [0.25, 0.3) is 5.91 Å². The fourth-order valence-electron chi connectivity index (χ4n) is 2.59. The molecule has 122 valence electrons. The van der Waals surface area contributed by atoms with Gasteiger partial charge in [0.2, 0.25) is 0 Å². The fourth-order valence-corrected chi connectivity index (χ4v) is 2.59. The number of ether oxygens (including phenoxy) is 2. The summed E-state index contributed by atoms with van der Waals surface area (Å²) in [6.45, 7) is 4.28. The highest BCUT2D eigenvalue weighted by Crippen LogP contribution is 2.15. The molecule has 1 atom stereocenters. The molecular formula is C17H21N3O3. The van der Waals surface area contributed by atoms with E-state index in [1.54, 1.807) is 6.92 Å². The normalized spacial score (nSPS) is 14.8. The van der Waals surface area contributed by atoms with Crippen LogP contribution >= 0.6 is 0 Å². The van der Waals surface area contributed by atoms with E-state index in [0.717, 1.165) is 18.6 Å². The average molecular weight is 315 g/mol. The Kier molecular flexibility index (Phi) is 4.92. The van der Waals surface area contributed by atoms with Gasteiger partial charge in [0, 0.05) is 24.2 Å². The van der Waals surface area contributed by atoms with Crippen molar-refractivity contribution in [2.24, 2.45) is 0 Å². The molecule has 1 N–H and O–H groups in total. The number of nitrogens with one attached hydrogen (secondary N) is 1. The number of rotatable bonds is 6. The summed E-state index contributed by atoms with van der Waals surface area (Å²) in [7, 11) is 0. The summed E-state index contributed by atoms with van der Waals surface area (Å²) in [5, 5.41) is 7.25. The van der Waals surface area contributed by atoms with Crippen LogP contribution in [-0.2, 0) is 29.1 Å². The SMILES string of the molecule is CC(Oc1ccccc1)C(=O)NCCn1ncc2c1CCOC2. The van der Waals surface area contributed by atoms with Crippen LogP contribution in [0, 0.1) is 0 Å². The molecule has 1 amide bonds. The lowest BCUT2D eigenvalue weighted by Gasteiger charge is -2.16. The van der Waals surface area contributed by atoms with Crippen LogP contribution in [-0.4, -0.2) is 34.9 Å². The van der Waals surface area contributed by atoms with Crippen molar-refractivity contribution >= 4 is 5.91 Å². The quantitative estimate of drug-likeness (QED) is 0.878. The lowest BCUT2D eigenvalue weighted by Crippen LogP contribution is -2.38. The summed E-state index contributed by atoms with van der Waals surface area (Å²) < 4.78 is 12.9. The first-order valence-electron chi connectivity index (χ1n) is 7.85. The molecule has 2 aromatic rings. The summed E-state index contributed by atoms with van der Waals surface area (Å²) in [6, 6.07) is 9.34. The predicted molar refractivity (Wildman–Crippen MR) is 85.1 cm³/mol. The summed E-state index contributed by atoms with van der Waals surface area (Å²) in [5.41, 5.74) is 2.35. The zero-order valence-corrected chi connectivity index (χ0v) is 13.2. The van der Waals surface area contributed by atoms with Crippen molar-refractivity contribution in [1.82, 2.24) is 15.1 Å². The molecule has 23 heavy (non-hydrogen) atoms. The number of nitrogens with zero attached hydrogens (tertiary/aromatic N) is 2. The van der Waals surface area contributed by atoms with E-state index in [1.165, 1.54) is 5.69 Å². The Balaban J connectivity index is 1.46. The first kappa shape index (κ1) is 15.6. The largest absolute Gasteiger partial charge is 0.481 e. The van der Waals surface area contributed by atoms with E-state index < -0.39 is 6.10 Å². The van der Waals surface area contributed by atoms with E-state index in [9.17, 15) is 4.79 Å². The Morgan fingerprint density at radius 1 is 1.43 bits per heavy atom. The first-order valence-corrected chi connectivity index (χ1v) is 7.85. The highest BCUT2D eigenvalue weighted by atomic mass is 16.5. The van der Waals surface area contributed by atoms with E-state index in [1.807, 2.05) is 41.2 Å². The van der Waals surface area contributed by atoms with Crippen LogP contribution in [0.4, 0.5) is 0 Å². The van der Waals surface area contributed by atoms with E-state index in [4.69, 9.17) is 9.47 Å². The van der Waals surface area contributed by atoms with Crippen molar-refractivity contribution in [2.45, 2.75) is 32.6 Å². The van der Waals surface area contributed by atoms with Gasteiger partial charge in [-0.1, -0.05) is 18.2 Å². The molecule has 1 aromatic carbocycles. The monoisotopic (exact) mass is 315 g/mol. The third-order valence-corrected chi connectivity index (χ3v) is 3.82. The molecule has 6 heteroatoms. The Hall–Kier alpha value is -2.34. The maximum atomic E-state index is 12.1. The van der Waals surface area contributed by atoms with E-state index in [-0.39, 0.29) is 5.91 Å². The van der Waals surface area contributed by atoms with Crippen molar-refractivity contribution in [1.29, 1.82) is 0 Å². The van der Waals surface area contributed by atoms with Gasteiger partial charge in [-0.3, -0.25) is 9.48 Å². The number of carbonyl (C=O) groups excluding carboxylic acids is 1. The predicted octanol–water partition coefficient (Wildman–Crippen LogP) is 1.54. The van der Waals surface area contributed by atoms with Crippen molar-refractivity contribution < 1.29 is 14.3 Å². The number of aromatic nitrogens is 2. The van der Waals surface area contributed by atoms with Gasteiger partial charge < -0.3 is 14.8 Å². The van der Waals surface area contributed by atoms with Crippen molar-refractivity contribution in [3.8, 4) is 5.75 Å². The van der Waals surface area contributed by atoms with Crippen LogP contribution < -0.4 is 10.1 Å². The van der Waals surface area contributed by atoms with Gasteiger partial charge in [0.1, 0.15) is 5.75 Å². The number of fused-ring (bicyclic) bond motifs is 1. The summed E-state index contributed by atoms with van der Waals surface area (Å²) >= 11 is 0. The molecule has 1 aliphatic heterocycles. The topological polar surface area (TPSA) is 65.4 Å². The Bertz CT molecular complexity index is 654. The Morgan fingerprint density at radius 2 is 2.26 bits per heavy atom. The smallest absolute Gasteiger partial charge is 0.260 e. The van der Waals surface area contributed by atoms with Crippen molar-refractivity contribution in [3.63, 3.8) is 0 Å². The lowest BCUT2D eigenvalue weighted by molar-refractivity contribution is -0.127. The Labute approximate surface area is 135 Å². The van der Waals surface area contributed by atoms with Gasteiger partial charge in [0.05, 0.1) is 26.0 Å². The minimum atomic E-state index is -0.530. The average Bonchev–Trinajstić information content (AvgIpc) is 2.99. The molecule has 0 spiro atoms. The minimum absolute atomic E-state index is 0.127. The second-order valence-electron chi connectivity index (χ2n) is 5.51. The van der Waals surface area contributed by atoms with Crippen molar-refractivity contribution in [3.05, 3.63) is 47.8 Å². The number of para-hydroxylation sites is 1. The zero-order chi connectivity index (χ0) is 16.1. The molecule has 0 fully saturated rings. The van der Waals surface area contributed by atoms with Gasteiger partial charge in [0.15, 0.2) is 6.10 Å². The van der Waals surface area contributed by atoms with Crippen LogP contribution in [0.25, 0.3) is 0 Å². The first-order chi connectivity index (χ1) is 11.2. The second-order valence-corrected chi connectivity index (χ2v) is 5.51. The molecule has 1 unspecified atom stereocenters. The van der Waals surface area contributed by atoms with Gasteiger partial charge in [-0.25, -0.2) is 0 Å². The molecule has 1 aliphatic rings. The maximum Gasteiger partial charge on any atom is 0.260 e. The molecule has 6 nitrogen and oxygen atoms in total. The van der Waals surface area contributed by atoms with Crippen LogP contribution in [0.15, 0.2) is 36.5 Å². The van der Waals surface area contributed by atoms with E-state index in [2.05, 4.69) is 10.4 Å². The second kappa shape index (κ2) is 7.28. The third-order valence-electron chi connectivity index (χ3n) is 3.82. The van der Waals surface area contributed by atoms with Gasteiger partial charge >= 0.3 is 0 Å². The minimum Gasteiger partial charge on any atom is -0.481 e. The van der Waals surface area contributed by atoms with Gasteiger partial charge in [-0.15, -0.1) is 0 Å². The third kappa shape index (κ3) is 3.90. The number of amides is 1. The highest BCUT2D eigenvalue weighted by Gasteiger charge is 2.16. The summed E-state index contributed by atoms with van der Waals surface area (Å²) in [4.78, 5) is 12.1. The summed E-state index contributed by atoms with van der Waals surface area (Å²) in [5.74, 6) is 0.564. The number of hydrogen-bond acceptors (Lipinski definition) is 4. The van der Waals surface area contributed by atoms with Gasteiger partial charge in [-0.2, -0.15) is 5.10 Å². The molecule has 1 aromatic heterocycles. The molecule has 0 saturated carbocycles. The molecule has 0 aliphatic carbocycles. The van der Waals surface area contributed by atoms with Gasteiger partial charge in [-0.05, 0) is 19.1 Å². The van der Waals surface area contributed by atoms with E-state index in [0.29, 0.717) is 25.4 Å². The number of hydrogen-bond donors (Lipinski definition) is 1. The van der Waals surface area contributed by atoms with Crippen molar-refractivity contribution in [2.75, 3.05) is 13.2 Å². The van der Waals surface area contributed by atoms with Crippen LogP contribution in [0.2, 0.25) is 0 Å². The Morgan fingerprint density at radius 3 is 3.09 bits per heavy atom. The highest BCUT2D eigenvalue weighted by molar-refractivity contribution is 5.80. The standard InChI is InChI=1S/C17H21N3O3/c1-13(23-15-5-3-2-4-6-15)17(21)18-8-9-20-16-7-10-22-12-14(16)11-19-20/h2-6,11,13H,7-10,12H2,1H3,(H,18,21). The molecular weight excluding hydrogens is 294 g/mol. The van der Waals surface area contributed by atoms with Crippen LogP contribution in [0.1, 0.15) is 18.2 Å². The molecule has 2 heterocycles. The number of benzene rings is 1. The van der Waals surface area contributed by atoms with Crippen LogP contribution in [0.3, 0.4) is 0 Å². The zero-order valence-electron chi connectivity index (χ0n) is 13.2. The molecule has 0 bridgehead atoms. The molecule has 0 radical (unpaired) electrons. The maximum absolute atomic E-state index is 12.1. The fraction of sp³-hybridized carbons (Fsp3) is 0.412. The van der Waals surface area contributed by atoms with Crippen LogP contribution in [0.5, 0.6) is 5.75 Å². The van der Waals surface area contributed by atoms with E-state index >= 15 is 0 Å². The molecule has 0 saturated heterocycles. The number of carbonyl (C=O) groups is 1.